The highest BCUT2D eigenvalue weighted by Crippen LogP contribution is 2.38. The normalized spacial score (nSPS) is 15.4. The minimum absolute atomic E-state index is 0.00691. The molecule has 2 N–H and O–H groups in total. The Morgan fingerprint density at radius 2 is 1.33 bits per heavy atom. The van der Waals surface area contributed by atoms with E-state index in [2.05, 4.69) is 55.6 Å². The van der Waals surface area contributed by atoms with E-state index in [1.54, 1.807) is 6.08 Å². The van der Waals surface area contributed by atoms with Crippen LogP contribution in [0, 0.1) is 0 Å². The van der Waals surface area contributed by atoms with Gasteiger partial charge < -0.3 is 28.8 Å². The molecule has 268 valence electrons. The van der Waals surface area contributed by atoms with E-state index in [1.807, 2.05) is 27.2 Å². The second-order valence-electron chi connectivity index (χ2n) is 13.2. The Labute approximate surface area is 282 Å². The fourth-order valence-electron chi connectivity index (χ4n) is 4.63. The van der Waals surface area contributed by atoms with Gasteiger partial charge in [-0.05, 0) is 51.4 Å². The van der Waals surface area contributed by atoms with E-state index in [9.17, 15) is 19.4 Å². The Bertz CT molecular complexity index is 897. The van der Waals surface area contributed by atoms with Gasteiger partial charge >= 0.3 is 0 Å². The predicted molar refractivity (Wildman–Crippen MR) is 191 cm³/mol. The molecule has 0 radical (unpaired) electrons. The summed E-state index contributed by atoms with van der Waals surface area (Å²) in [7, 11) is 1.23. The second-order valence-corrected chi connectivity index (χ2v) is 14.6. The highest BCUT2D eigenvalue weighted by atomic mass is 31.2. The van der Waals surface area contributed by atoms with Crippen LogP contribution in [-0.2, 0) is 18.4 Å². The Kier molecular flexibility index (Phi) is 28.6. The third-order valence-electron chi connectivity index (χ3n) is 7.54. The Morgan fingerprint density at radius 1 is 0.783 bits per heavy atom. The lowest BCUT2D eigenvalue weighted by Gasteiger charge is -2.29. The minimum Gasteiger partial charge on any atom is -0.756 e. The van der Waals surface area contributed by atoms with Crippen molar-refractivity contribution < 1.29 is 32.9 Å². The third-order valence-corrected chi connectivity index (χ3v) is 8.51. The number of unbranched alkanes of at least 4 members (excludes halogenated alkanes) is 12. The molecule has 0 aliphatic rings. The maximum Gasteiger partial charge on any atom is 0.268 e. The van der Waals surface area contributed by atoms with Gasteiger partial charge in [-0.3, -0.25) is 9.36 Å². The SMILES string of the molecule is CC/C=C\C/C=C\C/C=C\CCCCCCCC(=O)NC(COP(=O)([O-])OCC[N+](C)(C)C)C(O)/C=C/CCCCCCCCC. The van der Waals surface area contributed by atoms with Crippen molar-refractivity contribution in [2.24, 2.45) is 0 Å². The lowest BCUT2D eigenvalue weighted by atomic mass is 10.1. The summed E-state index contributed by atoms with van der Waals surface area (Å²) in [6, 6.07) is -0.892. The molecule has 8 nitrogen and oxygen atoms in total. The molecule has 3 unspecified atom stereocenters. The molecule has 3 atom stereocenters. The fourth-order valence-corrected chi connectivity index (χ4v) is 5.36. The molecule has 0 aromatic carbocycles. The molecule has 0 spiro atoms. The van der Waals surface area contributed by atoms with Crippen molar-refractivity contribution in [1.29, 1.82) is 0 Å². The van der Waals surface area contributed by atoms with Crippen LogP contribution in [0.25, 0.3) is 0 Å². The molecule has 46 heavy (non-hydrogen) atoms. The number of phosphoric ester groups is 1. The van der Waals surface area contributed by atoms with Crippen LogP contribution in [0.2, 0.25) is 0 Å². The zero-order chi connectivity index (χ0) is 34.4. The van der Waals surface area contributed by atoms with E-state index in [1.165, 1.54) is 32.1 Å². The monoisotopic (exact) mass is 668 g/mol. The number of carbonyl (C=O) groups excluding carboxylic acids is 1. The highest BCUT2D eigenvalue weighted by Gasteiger charge is 2.23. The number of amides is 1. The fraction of sp³-hybridized carbons (Fsp3) is 0.757. The van der Waals surface area contributed by atoms with Crippen molar-refractivity contribution >= 4 is 13.7 Å². The highest BCUT2D eigenvalue weighted by molar-refractivity contribution is 7.45. The molecule has 0 heterocycles. The number of quaternary nitrogens is 1. The van der Waals surface area contributed by atoms with Gasteiger partial charge in [0.2, 0.25) is 5.91 Å². The summed E-state index contributed by atoms with van der Waals surface area (Å²) in [5.41, 5.74) is 0. The number of likely N-dealkylation sites (N-methyl/N-ethyl adjacent to an activating group) is 1. The summed E-state index contributed by atoms with van der Waals surface area (Å²) >= 11 is 0. The number of rotatable bonds is 31. The molecule has 0 aromatic heterocycles. The molecule has 0 saturated heterocycles. The largest absolute Gasteiger partial charge is 0.756 e. The summed E-state index contributed by atoms with van der Waals surface area (Å²) in [6.07, 6.45) is 34.4. The molecular weight excluding hydrogens is 599 g/mol. The number of carbonyl (C=O) groups is 1. The lowest BCUT2D eigenvalue weighted by molar-refractivity contribution is -0.870. The van der Waals surface area contributed by atoms with Crippen LogP contribution in [0.5, 0.6) is 0 Å². The zero-order valence-corrected chi connectivity index (χ0v) is 30.9. The summed E-state index contributed by atoms with van der Waals surface area (Å²) in [6.45, 7) is 4.45. The third kappa shape index (κ3) is 31.1. The number of allylic oxidation sites excluding steroid dienone is 7. The van der Waals surface area contributed by atoms with Crippen molar-refractivity contribution in [1.82, 2.24) is 5.32 Å². The molecular formula is C37H69N2O6P. The lowest BCUT2D eigenvalue weighted by Crippen LogP contribution is -2.45. The number of nitrogens with zero attached hydrogens (tertiary/aromatic N) is 1. The van der Waals surface area contributed by atoms with Gasteiger partial charge in [0, 0.05) is 6.42 Å². The number of hydrogen-bond donors (Lipinski definition) is 2. The average Bonchev–Trinajstić information content (AvgIpc) is 2.99. The number of hydrogen-bond acceptors (Lipinski definition) is 6. The summed E-state index contributed by atoms with van der Waals surface area (Å²) in [4.78, 5) is 25.1. The average molecular weight is 669 g/mol. The molecule has 9 heteroatoms. The molecule has 1 amide bonds. The first-order chi connectivity index (χ1) is 22.0. The van der Waals surface area contributed by atoms with Gasteiger partial charge in [-0.25, -0.2) is 0 Å². The van der Waals surface area contributed by atoms with E-state index in [4.69, 9.17) is 9.05 Å². The Morgan fingerprint density at radius 3 is 1.93 bits per heavy atom. The van der Waals surface area contributed by atoms with E-state index in [0.29, 0.717) is 17.4 Å². The molecule has 0 saturated carbocycles. The number of aliphatic hydroxyl groups excluding tert-OH is 1. The topological polar surface area (TPSA) is 108 Å². The van der Waals surface area contributed by atoms with Crippen LogP contribution in [0.3, 0.4) is 0 Å². The van der Waals surface area contributed by atoms with Gasteiger partial charge in [-0.15, -0.1) is 0 Å². The second kappa shape index (κ2) is 29.6. The first-order valence-electron chi connectivity index (χ1n) is 18.0. The Hall–Kier alpha value is -1.54. The molecule has 0 aliphatic heterocycles. The molecule has 0 aromatic rings. The number of nitrogens with one attached hydrogen (secondary N) is 1. The van der Waals surface area contributed by atoms with Crippen molar-refractivity contribution in [2.75, 3.05) is 40.9 Å². The van der Waals surface area contributed by atoms with Crippen molar-refractivity contribution in [3.05, 3.63) is 48.6 Å². The standard InChI is InChI=1S/C37H69N2O6P/c1-6-8-10-12-14-16-17-18-19-20-21-23-25-27-29-31-37(41)38-35(34-45-46(42,43)44-33-32-39(3,4)5)36(40)30-28-26-24-22-15-13-11-9-7-2/h8,10,14,16,18-19,28,30,35-36,40H,6-7,9,11-13,15,17,20-27,29,31-34H2,1-5H3,(H-,38,41,42,43)/b10-8-,16-14-,19-18-,30-28+. The van der Waals surface area contributed by atoms with Gasteiger partial charge in [-0.2, -0.15) is 0 Å². The van der Waals surface area contributed by atoms with E-state index in [0.717, 1.165) is 77.0 Å². The van der Waals surface area contributed by atoms with Crippen LogP contribution in [0.15, 0.2) is 48.6 Å². The minimum atomic E-state index is -4.58. The summed E-state index contributed by atoms with van der Waals surface area (Å²) < 4.78 is 23.0. The molecule has 0 rings (SSSR count). The van der Waals surface area contributed by atoms with Gasteiger partial charge in [0.15, 0.2) is 0 Å². The van der Waals surface area contributed by atoms with Crippen LogP contribution in [0.1, 0.15) is 129 Å². The van der Waals surface area contributed by atoms with Gasteiger partial charge in [0.25, 0.3) is 7.82 Å². The number of aliphatic hydroxyl groups is 1. The van der Waals surface area contributed by atoms with Gasteiger partial charge in [0.05, 0.1) is 39.9 Å². The maximum absolute atomic E-state index is 12.7. The van der Waals surface area contributed by atoms with E-state index >= 15 is 0 Å². The summed E-state index contributed by atoms with van der Waals surface area (Å²) in [5, 5.41) is 13.6. The van der Waals surface area contributed by atoms with Crippen molar-refractivity contribution in [3.63, 3.8) is 0 Å². The zero-order valence-electron chi connectivity index (χ0n) is 30.0. The van der Waals surface area contributed by atoms with Gasteiger partial charge in [0.1, 0.15) is 13.2 Å². The molecule has 0 bridgehead atoms. The van der Waals surface area contributed by atoms with Crippen LogP contribution >= 0.6 is 7.82 Å². The molecule has 0 aliphatic carbocycles. The quantitative estimate of drug-likeness (QED) is 0.0333. The molecule has 0 fully saturated rings. The van der Waals surface area contributed by atoms with Crippen molar-refractivity contribution in [3.8, 4) is 0 Å². The van der Waals surface area contributed by atoms with Crippen molar-refractivity contribution in [2.45, 2.75) is 142 Å². The van der Waals surface area contributed by atoms with E-state index in [-0.39, 0.29) is 19.1 Å². The number of phosphoric acid groups is 1. The van der Waals surface area contributed by atoms with Crippen LogP contribution in [-0.4, -0.2) is 68.5 Å². The smallest absolute Gasteiger partial charge is 0.268 e. The first kappa shape index (κ1) is 44.5. The van der Waals surface area contributed by atoms with Crippen LogP contribution < -0.4 is 10.2 Å². The maximum atomic E-state index is 12.7. The summed E-state index contributed by atoms with van der Waals surface area (Å²) in [5.74, 6) is -0.221. The van der Waals surface area contributed by atoms with E-state index < -0.39 is 20.0 Å². The van der Waals surface area contributed by atoms with Gasteiger partial charge in [-0.1, -0.05) is 120 Å². The Balaban J connectivity index is 4.57. The van der Waals surface area contributed by atoms with Crippen LogP contribution in [0.4, 0.5) is 0 Å². The first-order valence-corrected chi connectivity index (χ1v) is 19.5. The predicted octanol–water partition coefficient (Wildman–Crippen LogP) is 8.33.